The molecule has 0 fully saturated rings. The molecule has 2 aromatic heterocycles. The molecule has 0 saturated heterocycles. The summed E-state index contributed by atoms with van der Waals surface area (Å²) in [7, 11) is 0. The van der Waals surface area contributed by atoms with Crippen molar-refractivity contribution in [2.75, 3.05) is 6.61 Å². The Balaban J connectivity index is 1.41. The SMILES string of the molecule is O=C(COC(=O)c1cn2ccccc2n1)c1ccc(-c2ccccc2)cc1. The second kappa shape index (κ2) is 7.25. The topological polar surface area (TPSA) is 60.7 Å². The number of pyridine rings is 1. The first-order valence-corrected chi connectivity index (χ1v) is 8.50. The first-order chi connectivity index (χ1) is 13.2. The molecule has 0 aliphatic heterocycles. The maximum absolute atomic E-state index is 12.3. The van der Waals surface area contributed by atoms with Crippen LogP contribution in [0.15, 0.2) is 85.2 Å². The van der Waals surface area contributed by atoms with Crippen molar-refractivity contribution in [1.82, 2.24) is 9.38 Å². The van der Waals surface area contributed by atoms with Gasteiger partial charge in [-0.05, 0) is 23.3 Å². The van der Waals surface area contributed by atoms with Crippen molar-refractivity contribution in [3.05, 3.63) is 96.4 Å². The first kappa shape index (κ1) is 16.7. The summed E-state index contributed by atoms with van der Waals surface area (Å²) in [5, 5.41) is 0. The van der Waals surface area contributed by atoms with Crippen molar-refractivity contribution < 1.29 is 14.3 Å². The van der Waals surface area contributed by atoms with Crippen LogP contribution in [0.1, 0.15) is 20.8 Å². The van der Waals surface area contributed by atoms with E-state index < -0.39 is 5.97 Å². The van der Waals surface area contributed by atoms with Gasteiger partial charge in [-0.15, -0.1) is 0 Å². The summed E-state index contributed by atoms with van der Waals surface area (Å²) < 4.78 is 6.85. The third kappa shape index (κ3) is 3.62. The van der Waals surface area contributed by atoms with Gasteiger partial charge in [-0.2, -0.15) is 0 Å². The van der Waals surface area contributed by atoms with Crippen LogP contribution >= 0.6 is 0 Å². The number of aromatic nitrogens is 2. The van der Waals surface area contributed by atoms with E-state index in [9.17, 15) is 9.59 Å². The molecule has 2 heterocycles. The lowest BCUT2D eigenvalue weighted by Gasteiger charge is -2.05. The Morgan fingerprint density at radius 1 is 0.852 bits per heavy atom. The molecule has 0 atom stereocenters. The summed E-state index contributed by atoms with van der Waals surface area (Å²) in [6, 6.07) is 22.6. The number of nitrogens with zero attached hydrogens (tertiary/aromatic N) is 2. The molecule has 0 spiro atoms. The number of carbonyl (C=O) groups excluding carboxylic acids is 2. The van der Waals surface area contributed by atoms with Crippen molar-refractivity contribution in [3.63, 3.8) is 0 Å². The van der Waals surface area contributed by atoms with Crippen LogP contribution < -0.4 is 0 Å². The van der Waals surface area contributed by atoms with Crippen molar-refractivity contribution in [3.8, 4) is 11.1 Å². The predicted octanol–water partition coefficient (Wildman–Crippen LogP) is 4.04. The van der Waals surface area contributed by atoms with Gasteiger partial charge in [0.2, 0.25) is 0 Å². The van der Waals surface area contributed by atoms with E-state index in [0.717, 1.165) is 11.1 Å². The summed E-state index contributed by atoms with van der Waals surface area (Å²) in [5.41, 5.74) is 3.42. The van der Waals surface area contributed by atoms with Crippen LogP contribution in [0, 0.1) is 0 Å². The molecule has 132 valence electrons. The summed E-state index contributed by atoms with van der Waals surface area (Å²) in [5.74, 6) is -0.875. The molecule has 0 saturated carbocycles. The maximum Gasteiger partial charge on any atom is 0.359 e. The molecule has 0 radical (unpaired) electrons. The van der Waals surface area contributed by atoms with E-state index in [0.29, 0.717) is 11.2 Å². The van der Waals surface area contributed by atoms with Crippen LogP contribution in [0.5, 0.6) is 0 Å². The Bertz CT molecular complexity index is 1070. The van der Waals surface area contributed by atoms with Crippen LogP contribution in [0.25, 0.3) is 16.8 Å². The number of rotatable bonds is 5. The standard InChI is InChI=1S/C22H16N2O3/c25-20(18-11-9-17(10-12-18)16-6-2-1-3-7-16)15-27-22(26)19-14-24-13-5-4-8-21(24)23-19/h1-14H,15H2. The number of hydrogen-bond donors (Lipinski definition) is 0. The number of carbonyl (C=O) groups is 2. The molecule has 2 aromatic carbocycles. The molecule has 5 nitrogen and oxygen atoms in total. The highest BCUT2D eigenvalue weighted by atomic mass is 16.5. The minimum absolute atomic E-state index is 0.174. The zero-order valence-corrected chi connectivity index (χ0v) is 14.4. The number of benzene rings is 2. The minimum Gasteiger partial charge on any atom is -0.453 e. The van der Waals surface area contributed by atoms with Gasteiger partial charge in [0.15, 0.2) is 18.1 Å². The number of esters is 1. The van der Waals surface area contributed by atoms with Crippen LogP contribution in [0.3, 0.4) is 0 Å². The van der Waals surface area contributed by atoms with E-state index >= 15 is 0 Å². The van der Waals surface area contributed by atoms with E-state index in [1.165, 1.54) is 0 Å². The van der Waals surface area contributed by atoms with Gasteiger partial charge < -0.3 is 9.14 Å². The molecule has 4 aromatic rings. The third-order valence-electron chi connectivity index (χ3n) is 4.22. The van der Waals surface area contributed by atoms with E-state index in [4.69, 9.17) is 4.74 Å². The highest BCUT2D eigenvalue weighted by Crippen LogP contribution is 2.19. The fourth-order valence-electron chi connectivity index (χ4n) is 2.80. The quantitative estimate of drug-likeness (QED) is 0.400. The van der Waals surface area contributed by atoms with Gasteiger partial charge in [-0.25, -0.2) is 9.78 Å². The predicted molar refractivity (Wildman–Crippen MR) is 102 cm³/mol. The number of Topliss-reactive ketones (excluding diaryl/α,β-unsaturated/α-hetero) is 1. The number of ether oxygens (including phenoxy) is 1. The first-order valence-electron chi connectivity index (χ1n) is 8.50. The lowest BCUT2D eigenvalue weighted by Crippen LogP contribution is -2.14. The maximum atomic E-state index is 12.3. The van der Waals surface area contributed by atoms with E-state index in [2.05, 4.69) is 4.98 Å². The van der Waals surface area contributed by atoms with Crippen molar-refractivity contribution in [2.45, 2.75) is 0 Å². The highest BCUT2D eigenvalue weighted by molar-refractivity contribution is 5.99. The monoisotopic (exact) mass is 356 g/mol. The fourth-order valence-corrected chi connectivity index (χ4v) is 2.80. The Kier molecular flexibility index (Phi) is 4.49. The molecule has 4 rings (SSSR count). The lowest BCUT2D eigenvalue weighted by atomic mass is 10.0. The van der Waals surface area contributed by atoms with Gasteiger partial charge in [0.25, 0.3) is 0 Å². The van der Waals surface area contributed by atoms with Gasteiger partial charge >= 0.3 is 5.97 Å². The number of ketones is 1. The molecular weight excluding hydrogens is 340 g/mol. The molecule has 0 aliphatic rings. The van der Waals surface area contributed by atoms with E-state index in [-0.39, 0.29) is 18.1 Å². The smallest absolute Gasteiger partial charge is 0.359 e. The molecule has 0 N–H and O–H groups in total. The Morgan fingerprint density at radius 3 is 2.30 bits per heavy atom. The molecule has 27 heavy (non-hydrogen) atoms. The van der Waals surface area contributed by atoms with Gasteiger partial charge in [-0.1, -0.05) is 60.7 Å². The van der Waals surface area contributed by atoms with Crippen LogP contribution in [0.4, 0.5) is 0 Å². The lowest BCUT2D eigenvalue weighted by molar-refractivity contribution is 0.0469. The Morgan fingerprint density at radius 2 is 1.56 bits per heavy atom. The zero-order valence-electron chi connectivity index (χ0n) is 14.4. The van der Waals surface area contributed by atoms with Crippen LogP contribution in [-0.4, -0.2) is 27.7 Å². The van der Waals surface area contributed by atoms with Crippen LogP contribution in [0.2, 0.25) is 0 Å². The molecular formula is C22H16N2O3. The van der Waals surface area contributed by atoms with Crippen molar-refractivity contribution >= 4 is 17.4 Å². The minimum atomic E-state index is -0.618. The average Bonchev–Trinajstić information content (AvgIpc) is 3.17. The van der Waals surface area contributed by atoms with Gasteiger partial charge in [0.1, 0.15) is 5.65 Å². The normalized spacial score (nSPS) is 10.7. The second-order valence-electron chi connectivity index (χ2n) is 6.03. The summed E-state index contributed by atoms with van der Waals surface area (Å²) >= 11 is 0. The van der Waals surface area contributed by atoms with Crippen LogP contribution in [-0.2, 0) is 4.74 Å². The highest BCUT2D eigenvalue weighted by Gasteiger charge is 2.15. The Hall–Kier alpha value is -3.73. The molecule has 5 heteroatoms. The second-order valence-corrected chi connectivity index (χ2v) is 6.03. The summed E-state index contributed by atoms with van der Waals surface area (Å²) in [6.07, 6.45) is 3.37. The number of fused-ring (bicyclic) bond motifs is 1. The summed E-state index contributed by atoms with van der Waals surface area (Å²) in [4.78, 5) is 28.6. The van der Waals surface area contributed by atoms with Gasteiger partial charge in [0, 0.05) is 18.0 Å². The molecule has 0 bridgehead atoms. The third-order valence-corrected chi connectivity index (χ3v) is 4.22. The van der Waals surface area contributed by atoms with Gasteiger partial charge in [0.05, 0.1) is 0 Å². The number of imidazole rings is 1. The fraction of sp³-hybridized carbons (Fsp3) is 0.0455. The van der Waals surface area contributed by atoms with Crippen molar-refractivity contribution in [2.24, 2.45) is 0 Å². The Labute approximate surface area is 155 Å². The average molecular weight is 356 g/mol. The molecule has 0 unspecified atom stereocenters. The molecule has 0 aliphatic carbocycles. The van der Waals surface area contributed by atoms with E-state index in [1.807, 2.05) is 54.6 Å². The molecule has 0 amide bonds. The summed E-state index contributed by atoms with van der Waals surface area (Å²) in [6.45, 7) is -0.322. The number of hydrogen-bond acceptors (Lipinski definition) is 4. The zero-order chi connectivity index (χ0) is 18.6. The van der Waals surface area contributed by atoms with E-state index in [1.54, 1.807) is 35.0 Å². The van der Waals surface area contributed by atoms with Crippen molar-refractivity contribution in [1.29, 1.82) is 0 Å². The van der Waals surface area contributed by atoms with Gasteiger partial charge in [-0.3, -0.25) is 4.79 Å². The largest absolute Gasteiger partial charge is 0.453 e.